The Balaban J connectivity index is 1.42. The molecular formula is C18H20N8O2. The van der Waals surface area contributed by atoms with Crippen LogP contribution in [0.3, 0.4) is 0 Å². The molecule has 1 fully saturated rings. The average Bonchev–Trinajstić information content (AvgIpc) is 3.28. The van der Waals surface area contributed by atoms with E-state index in [1.807, 2.05) is 30.3 Å². The Kier molecular flexibility index (Phi) is 5.38. The van der Waals surface area contributed by atoms with Crippen LogP contribution < -0.4 is 15.5 Å². The zero-order valence-electron chi connectivity index (χ0n) is 15.2. The van der Waals surface area contributed by atoms with Crippen LogP contribution in [0, 0.1) is 0 Å². The fourth-order valence-corrected chi connectivity index (χ4v) is 3.02. The van der Waals surface area contributed by atoms with E-state index in [0.717, 1.165) is 24.5 Å². The highest BCUT2D eigenvalue weighted by atomic mass is 16.5. The van der Waals surface area contributed by atoms with Crippen molar-refractivity contribution in [3.63, 3.8) is 0 Å². The van der Waals surface area contributed by atoms with Gasteiger partial charge < -0.3 is 20.3 Å². The first-order valence-electron chi connectivity index (χ1n) is 8.95. The number of tetrazole rings is 1. The number of para-hydroxylation sites is 2. The topological polar surface area (TPSA) is 110 Å². The minimum atomic E-state index is -0.322. The maximum absolute atomic E-state index is 12.5. The molecule has 1 aliphatic rings. The molecule has 0 radical (unpaired) electrons. The van der Waals surface area contributed by atoms with Crippen LogP contribution in [0.25, 0.3) is 5.69 Å². The lowest BCUT2D eigenvalue weighted by molar-refractivity contribution is 0.122. The number of aromatic nitrogens is 5. The first-order valence-corrected chi connectivity index (χ1v) is 8.95. The number of rotatable bonds is 5. The van der Waals surface area contributed by atoms with Crippen molar-refractivity contribution in [2.75, 3.05) is 36.5 Å². The minimum Gasteiger partial charge on any atom is -0.378 e. The van der Waals surface area contributed by atoms with Gasteiger partial charge in [-0.3, -0.25) is 0 Å². The molecule has 1 aliphatic heterocycles. The summed E-state index contributed by atoms with van der Waals surface area (Å²) in [6, 6.07) is 10.8. The van der Waals surface area contributed by atoms with Gasteiger partial charge in [-0.1, -0.05) is 18.2 Å². The van der Waals surface area contributed by atoms with Crippen LogP contribution in [0.2, 0.25) is 0 Å². The second-order valence-corrected chi connectivity index (χ2v) is 6.16. The summed E-state index contributed by atoms with van der Waals surface area (Å²) in [6.07, 6.45) is 3.24. The predicted octanol–water partition coefficient (Wildman–Crippen LogP) is 1.22. The number of hydrogen-bond acceptors (Lipinski definition) is 7. The van der Waals surface area contributed by atoms with E-state index in [4.69, 9.17) is 4.74 Å². The van der Waals surface area contributed by atoms with Crippen molar-refractivity contribution in [3.05, 3.63) is 54.5 Å². The summed E-state index contributed by atoms with van der Waals surface area (Å²) in [6.45, 7) is 3.29. The number of urea groups is 1. The van der Waals surface area contributed by atoms with Gasteiger partial charge in [-0.2, -0.15) is 4.68 Å². The lowest BCUT2D eigenvalue weighted by Crippen LogP contribution is -2.38. The van der Waals surface area contributed by atoms with Crippen LogP contribution in [0.1, 0.15) is 5.56 Å². The van der Waals surface area contributed by atoms with E-state index in [1.54, 1.807) is 12.3 Å². The molecule has 1 aromatic carbocycles. The normalized spacial score (nSPS) is 13.9. The van der Waals surface area contributed by atoms with E-state index in [9.17, 15) is 4.79 Å². The van der Waals surface area contributed by atoms with Crippen LogP contribution in [0.4, 0.5) is 16.3 Å². The van der Waals surface area contributed by atoms with Gasteiger partial charge in [0.05, 0.1) is 24.6 Å². The molecule has 28 heavy (non-hydrogen) atoms. The molecule has 2 amide bonds. The van der Waals surface area contributed by atoms with Gasteiger partial charge in [0.25, 0.3) is 0 Å². The van der Waals surface area contributed by atoms with Crippen molar-refractivity contribution >= 4 is 17.5 Å². The summed E-state index contributed by atoms with van der Waals surface area (Å²) < 4.78 is 6.90. The molecule has 10 nitrogen and oxygen atoms in total. The average molecular weight is 380 g/mol. The van der Waals surface area contributed by atoms with E-state index in [-0.39, 0.29) is 6.03 Å². The predicted molar refractivity (Wildman–Crippen MR) is 102 cm³/mol. The Morgan fingerprint density at radius 3 is 2.82 bits per heavy atom. The number of morpholine rings is 1. The molecule has 0 bridgehead atoms. The summed E-state index contributed by atoms with van der Waals surface area (Å²) in [5, 5.41) is 16.9. The van der Waals surface area contributed by atoms with E-state index >= 15 is 0 Å². The van der Waals surface area contributed by atoms with Crippen LogP contribution in [-0.2, 0) is 11.3 Å². The number of carbonyl (C=O) groups is 1. The highest BCUT2D eigenvalue weighted by molar-refractivity contribution is 5.91. The molecule has 0 spiro atoms. The van der Waals surface area contributed by atoms with Crippen LogP contribution >= 0.6 is 0 Å². The number of nitrogens with one attached hydrogen (secondary N) is 2. The highest BCUT2D eigenvalue weighted by Gasteiger charge is 2.16. The Morgan fingerprint density at radius 2 is 2.00 bits per heavy atom. The number of anilines is 2. The van der Waals surface area contributed by atoms with Crippen molar-refractivity contribution in [1.29, 1.82) is 0 Å². The van der Waals surface area contributed by atoms with E-state index in [1.165, 1.54) is 11.0 Å². The molecule has 2 aromatic heterocycles. The van der Waals surface area contributed by atoms with Gasteiger partial charge in [0.1, 0.15) is 12.1 Å². The van der Waals surface area contributed by atoms with Crippen molar-refractivity contribution in [2.45, 2.75) is 6.54 Å². The number of ether oxygens (including phenoxy) is 1. The van der Waals surface area contributed by atoms with Crippen molar-refractivity contribution in [2.24, 2.45) is 0 Å². The molecule has 144 valence electrons. The van der Waals surface area contributed by atoms with E-state index < -0.39 is 0 Å². The molecule has 3 aromatic rings. The number of pyridine rings is 1. The Hall–Kier alpha value is -3.53. The van der Waals surface area contributed by atoms with E-state index in [2.05, 4.69) is 36.0 Å². The SMILES string of the molecule is O=C(NCc1cccnc1N1CCOCC1)Nc1ccccc1-n1cnnn1. The summed E-state index contributed by atoms with van der Waals surface area (Å²) in [5.74, 6) is 0.875. The molecule has 10 heteroatoms. The molecule has 0 saturated carbocycles. The second kappa shape index (κ2) is 8.44. The van der Waals surface area contributed by atoms with E-state index in [0.29, 0.717) is 31.1 Å². The summed E-state index contributed by atoms with van der Waals surface area (Å²) >= 11 is 0. The summed E-state index contributed by atoms with van der Waals surface area (Å²) in [4.78, 5) is 19.1. The van der Waals surface area contributed by atoms with Crippen LogP contribution in [0.5, 0.6) is 0 Å². The highest BCUT2D eigenvalue weighted by Crippen LogP contribution is 2.20. The first-order chi connectivity index (χ1) is 13.8. The first kappa shape index (κ1) is 17.9. The number of benzene rings is 1. The second-order valence-electron chi connectivity index (χ2n) is 6.16. The largest absolute Gasteiger partial charge is 0.378 e. The zero-order chi connectivity index (χ0) is 19.2. The molecule has 4 rings (SSSR count). The molecule has 0 unspecified atom stereocenters. The Bertz CT molecular complexity index is 925. The number of carbonyl (C=O) groups excluding carboxylic acids is 1. The fraction of sp³-hybridized carbons (Fsp3) is 0.278. The van der Waals surface area contributed by atoms with Crippen molar-refractivity contribution < 1.29 is 9.53 Å². The molecule has 1 saturated heterocycles. The number of nitrogens with zero attached hydrogens (tertiary/aromatic N) is 6. The van der Waals surface area contributed by atoms with Crippen LogP contribution in [-0.4, -0.2) is 57.5 Å². The van der Waals surface area contributed by atoms with Crippen molar-refractivity contribution in [1.82, 2.24) is 30.5 Å². The monoisotopic (exact) mass is 380 g/mol. The van der Waals surface area contributed by atoms with Gasteiger partial charge in [-0.15, -0.1) is 5.10 Å². The zero-order valence-corrected chi connectivity index (χ0v) is 15.2. The molecule has 0 aliphatic carbocycles. The third-order valence-corrected chi connectivity index (χ3v) is 4.37. The van der Waals surface area contributed by atoms with Gasteiger partial charge >= 0.3 is 6.03 Å². The number of amides is 2. The standard InChI is InChI=1S/C18H20N8O2/c27-18(22-15-5-1-2-6-16(15)26-13-21-23-24-26)20-12-14-4-3-7-19-17(14)25-8-10-28-11-9-25/h1-7,13H,8-12H2,(H2,20,22,27). The maximum atomic E-state index is 12.5. The molecular weight excluding hydrogens is 360 g/mol. The minimum absolute atomic E-state index is 0.322. The van der Waals surface area contributed by atoms with Gasteiger partial charge in [-0.25, -0.2) is 9.78 Å². The molecule has 0 atom stereocenters. The number of hydrogen-bond donors (Lipinski definition) is 2. The summed E-state index contributed by atoms with van der Waals surface area (Å²) in [7, 11) is 0. The Labute approximate surface area is 161 Å². The van der Waals surface area contributed by atoms with Crippen LogP contribution in [0.15, 0.2) is 48.9 Å². The quantitative estimate of drug-likeness (QED) is 0.685. The van der Waals surface area contributed by atoms with Gasteiger partial charge in [-0.05, 0) is 28.6 Å². The Morgan fingerprint density at radius 1 is 1.14 bits per heavy atom. The van der Waals surface area contributed by atoms with Gasteiger partial charge in [0, 0.05) is 31.4 Å². The van der Waals surface area contributed by atoms with Gasteiger partial charge in [0.15, 0.2) is 0 Å². The lowest BCUT2D eigenvalue weighted by atomic mass is 10.2. The summed E-state index contributed by atoms with van der Waals surface area (Å²) in [5.41, 5.74) is 2.23. The van der Waals surface area contributed by atoms with Crippen molar-refractivity contribution in [3.8, 4) is 5.69 Å². The fourth-order valence-electron chi connectivity index (χ4n) is 3.02. The molecule has 3 heterocycles. The lowest BCUT2D eigenvalue weighted by Gasteiger charge is -2.29. The third kappa shape index (κ3) is 4.07. The molecule has 2 N–H and O–H groups in total. The third-order valence-electron chi connectivity index (χ3n) is 4.37. The smallest absolute Gasteiger partial charge is 0.319 e. The maximum Gasteiger partial charge on any atom is 0.319 e. The van der Waals surface area contributed by atoms with Gasteiger partial charge in [0.2, 0.25) is 0 Å².